The van der Waals surface area contributed by atoms with Gasteiger partial charge in [0.2, 0.25) is 5.88 Å². The Morgan fingerprint density at radius 2 is 1.85 bits per heavy atom. The predicted molar refractivity (Wildman–Crippen MR) is 158 cm³/mol. The lowest BCUT2D eigenvalue weighted by Gasteiger charge is -2.30. The number of aliphatic hydroxyl groups is 1. The molecule has 8 nitrogen and oxygen atoms in total. The predicted octanol–water partition coefficient (Wildman–Crippen LogP) is 4.92. The average Bonchev–Trinajstić information content (AvgIpc) is 3.41. The minimum absolute atomic E-state index is 0.0218. The molecule has 9 heteroatoms. The van der Waals surface area contributed by atoms with Crippen molar-refractivity contribution in [1.82, 2.24) is 20.0 Å². The number of aliphatic hydroxyl groups excluding tert-OH is 1. The first kappa shape index (κ1) is 30.0. The van der Waals surface area contributed by atoms with Crippen LogP contribution in [0.4, 0.5) is 0 Å². The molecular weight excluding hydrogens is 524 g/mol. The third-order valence-electron chi connectivity index (χ3n) is 7.03. The van der Waals surface area contributed by atoms with Gasteiger partial charge in [-0.3, -0.25) is 4.79 Å². The second-order valence-corrected chi connectivity index (χ2v) is 12.9. The number of hydrogen-bond acceptors (Lipinski definition) is 8. The number of hydrogen-bond donors (Lipinski definition) is 3. The molecule has 0 fully saturated rings. The fraction of sp³-hybridized carbons (Fsp3) is 0.516. The van der Waals surface area contributed by atoms with Crippen molar-refractivity contribution in [3.63, 3.8) is 0 Å². The third-order valence-corrected chi connectivity index (χ3v) is 8.24. The summed E-state index contributed by atoms with van der Waals surface area (Å²) in [6, 6.07) is 12.8. The van der Waals surface area contributed by atoms with Gasteiger partial charge in [-0.15, -0.1) is 0 Å². The first-order valence-corrected chi connectivity index (χ1v) is 14.7. The number of aryl methyl sites for hydroxylation is 1. The van der Waals surface area contributed by atoms with E-state index in [9.17, 15) is 9.90 Å². The molecular formula is C31H42N4O4S. The number of carbonyl (C=O) groups excluding carboxylic acids is 1. The average molecular weight is 567 g/mol. The molecule has 1 aliphatic heterocycles. The van der Waals surface area contributed by atoms with Gasteiger partial charge in [-0.25, -0.2) is 4.98 Å². The highest BCUT2D eigenvalue weighted by Crippen LogP contribution is 2.30. The molecule has 1 aromatic carbocycles. The maximum absolute atomic E-state index is 13.4. The van der Waals surface area contributed by atoms with Crippen LogP contribution >= 0.6 is 11.5 Å². The number of pyridine rings is 1. The molecule has 3 N–H and O–H groups in total. The number of ether oxygens (including phenoxy) is 2. The van der Waals surface area contributed by atoms with Gasteiger partial charge in [-0.05, 0) is 86.8 Å². The lowest BCUT2D eigenvalue weighted by atomic mass is 9.92. The first-order chi connectivity index (χ1) is 18.9. The van der Waals surface area contributed by atoms with Crippen LogP contribution in [-0.4, -0.2) is 52.3 Å². The molecule has 2 aromatic heterocycles. The lowest BCUT2D eigenvalue weighted by Crippen LogP contribution is -2.51. The zero-order chi connectivity index (χ0) is 28.9. The van der Waals surface area contributed by atoms with Crippen LogP contribution in [0, 0.1) is 6.92 Å². The highest BCUT2D eigenvalue weighted by molar-refractivity contribution is 7.06. The molecule has 0 radical (unpaired) electrons. The monoisotopic (exact) mass is 566 g/mol. The molecule has 40 heavy (non-hydrogen) atoms. The van der Waals surface area contributed by atoms with Gasteiger partial charge in [-0.2, -0.15) is 4.37 Å². The summed E-state index contributed by atoms with van der Waals surface area (Å²) >= 11 is 1.51. The van der Waals surface area contributed by atoms with E-state index in [0.717, 1.165) is 29.8 Å². The lowest BCUT2D eigenvalue weighted by molar-refractivity contribution is 0.0812. The molecule has 3 heterocycles. The number of nitrogens with zero attached hydrogens (tertiary/aromatic N) is 2. The van der Waals surface area contributed by atoms with Crippen LogP contribution in [0.25, 0.3) is 0 Å². The van der Waals surface area contributed by atoms with Crippen molar-refractivity contribution in [1.29, 1.82) is 0 Å². The van der Waals surface area contributed by atoms with Gasteiger partial charge in [0, 0.05) is 28.7 Å². The molecule has 4 bridgehead atoms. The van der Waals surface area contributed by atoms with Crippen LogP contribution in [0.3, 0.4) is 0 Å². The summed E-state index contributed by atoms with van der Waals surface area (Å²) < 4.78 is 16.5. The van der Waals surface area contributed by atoms with E-state index < -0.39 is 17.7 Å². The number of rotatable bonds is 5. The fourth-order valence-electron chi connectivity index (χ4n) is 4.48. The Kier molecular flexibility index (Phi) is 9.48. The van der Waals surface area contributed by atoms with Crippen molar-refractivity contribution in [2.75, 3.05) is 19.8 Å². The Labute approximate surface area is 241 Å². The van der Waals surface area contributed by atoms with Gasteiger partial charge >= 0.3 is 0 Å². The second kappa shape index (κ2) is 12.7. The first-order valence-electron chi connectivity index (χ1n) is 14.0. The summed E-state index contributed by atoms with van der Waals surface area (Å²) in [5.41, 5.74) is 2.60. The van der Waals surface area contributed by atoms with Gasteiger partial charge in [0.1, 0.15) is 5.75 Å². The number of fused-ring (bicyclic) bond motifs is 4. The highest BCUT2D eigenvalue weighted by atomic mass is 32.1. The summed E-state index contributed by atoms with van der Waals surface area (Å²) in [6.07, 6.45) is 1.21. The molecule has 0 spiro atoms. The number of amides is 1. The molecule has 0 saturated heterocycles. The summed E-state index contributed by atoms with van der Waals surface area (Å²) in [4.78, 5) is 19.1. The van der Waals surface area contributed by atoms with E-state index in [1.807, 2.05) is 31.2 Å². The van der Waals surface area contributed by atoms with Crippen LogP contribution in [0.15, 0.2) is 42.5 Å². The Morgan fingerprint density at radius 1 is 1.10 bits per heavy atom. The van der Waals surface area contributed by atoms with Crippen LogP contribution in [-0.2, 0) is 17.4 Å². The summed E-state index contributed by atoms with van der Waals surface area (Å²) in [5, 5.41) is 18.0. The van der Waals surface area contributed by atoms with Crippen molar-refractivity contribution in [3.05, 3.63) is 69.9 Å². The number of aromatic nitrogens is 2. The minimum atomic E-state index is -0.869. The van der Waals surface area contributed by atoms with Gasteiger partial charge in [-0.1, -0.05) is 32.9 Å². The van der Waals surface area contributed by atoms with Gasteiger partial charge < -0.3 is 25.2 Å². The number of nitrogens with one attached hydrogen (secondary N) is 2. The highest BCUT2D eigenvalue weighted by Gasteiger charge is 2.29. The smallest absolute Gasteiger partial charge is 0.251 e. The maximum atomic E-state index is 13.4. The Hall–Kier alpha value is -3.01. The molecule has 216 valence electrons. The summed E-state index contributed by atoms with van der Waals surface area (Å²) in [6.45, 7) is 13.8. The van der Waals surface area contributed by atoms with E-state index in [2.05, 4.69) is 56.3 Å². The quantitative estimate of drug-likeness (QED) is 0.403. The largest absolute Gasteiger partial charge is 0.494 e. The van der Waals surface area contributed by atoms with Crippen LogP contribution in [0.5, 0.6) is 11.6 Å². The normalized spacial score (nSPS) is 17.9. The number of carbonyl (C=O) groups is 1. The van der Waals surface area contributed by atoms with Gasteiger partial charge in [0.25, 0.3) is 5.91 Å². The topological polar surface area (TPSA) is 106 Å². The second-order valence-electron chi connectivity index (χ2n) is 12.1. The van der Waals surface area contributed by atoms with E-state index in [0.29, 0.717) is 36.8 Å². The van der Waals surface area contributed by atoms with Crippen molar-refractivity contribution in [2.45, 2.75) is 83.9 Å². The SMILES string of the molecule is Cc1cc2cc(n1)OCCCCOc1cccc(c1)C[C@@H]([C@H](O)CNC(C)(C)c1cc(C(C)(C)C)sn1)NC2=O. The van der Waals surface area contributed by atoms with E-state index >= 15 is 0 Å². The molecule has 4 rings (SSSR count). The van der Waals surface area contributed by atoms with Crippen LogP contribution in [0.1, 0.15) is 79.6 Å². The summed E-state index contributed by atoms with van der Waals surface area (Å²) in [5.74, 6) is 0.902. The number of benzene rings is 1. The molecule has 0 unspecified atom stereocenters. The third kappa shape index (κ3) is 8.02. The molecule has 2 atom stereocenters. The van der Waals surface area contributed by atoms with Crippen LogP contribution in [0.2, 0.25) is 0 Å². The van der Waals surface area contributed by atoms with Crippen molar-refractivity contribution in [3.8, 4) is 11.6 Å². The zero-order valence-corrected chi connectivity index (χ0v) is 25.2. The Morgan fingerprint density at radius 3 is 2.58 bits per heavy atom. The summed E-state index contributed by atoms with van der Waals surface area (Å²) in [7, 11) is 0. The molecule has 1 amide bonds. The van der Waals surface area contributed by atoms with E-state index in [1.54, 1.807) is 12.1 Å². The van der Waals surface area contributed by atoms with Crippen molar-refractivity contribution < 1.29 is 19.4 Å². The Bertz CT molecular complexity index is 1300. The molecule has 0 aliphatic carbocycles. The standard InChI is InChI=1S/C31H42N4O4S/c1-20-14-22-17-28(33-20)39-13-8-7-12-38-23-11-9-10-21(15-23)16-24(34-29(22)37)25(36)19-32-31(5,6)26-18-27(40-35-26)30(2,3)4/h9-11,14-15,17-18,24-25,32,36H,7-8,12-13,16,19H2,1-6H3,(H,34,37)/t24-,25+/m0/s1. The maximum Gasteiger partial charge on any atom is 0.251 e. The molecule has 0 saturated carbocycles. The van der Waals surface area contributed by atoms with Crippen molar-refractivity contribution >= 4 is 17.4 Å². The van der Waals surface area contributed by atoms with E-state index in [4.69, 9.17) is 13.8 Å². The fourth-order valence-corrected chi connectivity index (χ4v) is 5.40. The minimum Gasteiger partial charge on any atom is -0.494 e. The molecule has 3 aromatic rings. The zero-order valence-electron chi connectivity index (χ0n) is 24.4. The molecule has 1 aliphatic rings. The van der Waals surface area contributed by atoms with Crippen molar-refractivity contribution in [2.24, 2.45) is 0 Å². The van der Waals surface area contributed by atoms with E-state index in [-0.39, 0.29) is 17.9 Å². The van der Waals surface area contributed by atoms with Gasteiger partial charge in [0.15, 0.2) is 0 Å². The Balaban J connectivity index is 1.56. The van der Waals surface area contributed by atoms with E-state index in [1.165, 1.54) is 16.4 Å². The van der Waals surface area contributed by atoms with Crippen LogP contribution < -0.4 is 20.1 Å². The van der Waals surface area contributed by atoms with Gasteiger partial charge in [0.05, 0.1) is 36.6 Å².